The molecular weight excluding hydrogens is 664 g/mol. The Morgan fingerprint density at radius 1 is 0.531 bits per heavy atom. The normalized spacial score (nSPS) is 14.1. The van der Waals surface area contributed by atoms with Gasteiger partial charge < -0.3 is 0 Å². The van der Waals surface area contributed by atoms with Gasteiger partial charge in [0.2, 0.25) is 0 Å². The third-order valence-electron chi connectivity index (χ3n) is 9.07. The number of carbonyl (C=O) groups excluding carboxylic acids is 2. The number of amides is 2. The standard InChI is InChI=1S/2C15H12F2NO.2C5H5.Ti/c2*16-12-7-8-14(13(17)10-12)18-15(19)9-6-11-4-2-1-3-5-11;2*1-2-4-5-3-1;/h2*1-5,7-8H,6,9H2,(H,18,19);2*1-5H;. The SMILES string of the molecule is O=C(CCc1ccccc1)Nc1ccc(F)[c]([Ti]([c]2c(F)ccc(NC(=O)CCc3ccccc3)c2F)([CH]2C=CC=C2)[CH]2C=CC=C2)c1F. The van der Waals surface area contributed by atoms with Crippen LogP contribution in [0.2, 0.25) is 8.45 Å². The van der Waals surface area contributed by atoms with E-state index >= 15 is 17.6 Å². The third-order valence-corrected chi connectivity index (χ3v) is 17.6. The summed E-state index contributed by atoms with van der Waals surface area (Å²) in [5.74, 6) is -5.02. The Morgan fingerprint density at radius 3 is 1.27 bits per heavy atom. The first kappa shape index (κ1) is 34.1. The van der Waals surface area contributed by atoms with E-state index in [1.807, 2.05) is 60.7 Å². The van der Waals surface area contributed by atoms with Crippen LogP contribution in [0.25, 0.3) is 0 Å². The van der Waals surface area contributed by atoms with Crippen LogP contribution in [0.15, 0.2) is 134 Å². The number of rotatable bonds is 12. The molecule has 0 radical (unpaired) electrons. The summed E-state index contributed by atoms with van der Waals surface area (Å²) in [6.07, 6.45) is 14.5. The molecule has 0 fully saturated rings. The van der Waals surface area contributed by atoms with Crippen LogP contribution in [-0.4, -0.2) is 11.8 Å². The first-order chi connectivity index (χ1) is 23.8. The van der Waals surface area contributed by atoms with Gasteiger partial charge in [-0.3, -0.25) is 0 Å². The molecule has 2 amide bonds. The van der Waals surface area contributed by atoms with E-state index < -0.39 is 67.9 Å². The minimum absolute atomic E-state index is 0.0419. The molecule has 0 atom stereocenters. The second-order valence-corrected chi connectivity index (χ2v) is 18.5. The second-order valence-electron chi connectivity index (χ2n) is 12.1. The second kappa shape index (κ2) is 15.2. The van der Waals surface area contributed by atoms with Crippen molar-refractivity contribution in [1.82, 2.24) is 0 Å². The molecule has 0 bridgehead atoms. The molecule has 0 spiro atoms. The summed E-state index contributed by atoms with van der Waals surface area (Å²) in [7, 11) is 0. The van der Waals surface area contributed by atoms with Gasteiger partial charge in [-0.1, -0.05) is 0 Å². The fraction of sp³-hybridized carbons (Fsp3) is 0.150. The first-order valence-corrected chi connectivity index (χ1v) is 19.5. The van der Waals surface area contributed by atoms with Crippen LogP contribution in [0.4, 0.5) is 28.9 Å². The van der Waals surface area contributed by atoms with Gasteiger partial charge in [0, 0.05) is 0 Å². The molecule has 49 heavy (non-hydrogen) atoms. The molecule has 0 saturated carbocycles. The number of aryl methyl sites for hydroxylation is 2. The fourth-order valence-electron chi connectivity index (χ4n) is 6.77. The van der Waals surface area contributed by atoms with E-state index in [2.05, 4.69) is 10.6 Å². The van der Waals surface area contributed by atoms with Crippen molar-refractivity contribution in [2.45, 2.75) is 34.1 Å². The van der Waals surface area contributed by atoms with Crippen LogP contribution in [-0.2, 0) is 39.0 Å². The summed E-state index contributed by atoms with van der Waals surface area (Å²) in [5, 5.41) is 5.16. The fourth-order valence-corrected chi connectivity index (χ4v) is 15.6. The zero-order valence-corrected chi connectivity index (χ0v) is 28.1. The number of benzene rings is 4. The summed E-state index contributed by atoms with van der Waals surface area (Å²) in [6, 6.07) is 23.0. The molecule has 0 saturated heterocycles. The van der Waals surface area contributed by atoms with Crippen molar-refractivity contribution in [2.75, 3.05) is 10.6 Å². The van der Waals surface area contributed by atoms with Crippen LogP contribution < -0.4 is 18.4 Å². The maximum absolute atomic E-state index is 17.0. The van der Waals surface area contributed by atoms with E-state index in [4.69, 9.17) is 0 Å². The molecule has 2 aliphatic rings. The number of nitrogens with one attached hydrogen (secondary N) is 2. The molecule has 2 N–H and O–H groups in total. The third kappa shape index (κ3) is 7.17. The van der Waals surface area contributed by atoms with Gasteiger partial charge in [0.1, 0.15) is 0 Å². The van der Waals surface area contributed by atoms with Gasteiger partial charge in [0.25, 0.3) is 0 Å². The predicted octanol–water partition coefficient (Wildman–Crippen LogP) is 8.32. The molecule has 6 rings (SSSR count). The molecule has 9 heteroatoms. The number of allylic oxidation sites excluding steroid dienone is 8. The van der Waals surface area contributed by atoms with Crippen molar-refractivity contribution < 1.29 is 43.7 Å². The first-order valence-electron chi connectivity index (χ1n) is 16.1. The molecule has 0 aromatic heterocycles. The Bertz CT molecular complexity index is 1810. The van der Waals surface area contributed by atoms with Gasteiger partial charge in [-0.15, -0.1) is 0 Å². The summed E-state index contributed by atoms with van der Waals surface area (Å²) in [6.45, 7) is 0. The van der Waals surface area contributed by atoms with Crippen LogP contribution in [0.1, 0.15) is 24.0 Å². The van der Waals surface area contributed by atoms with Crippen LogP contribution >= 0.6 is 0 Å². The average molecular weight is 699 g/mol. The maximum atomic E-state index is 17.0. The Morgan fingerprint density at radius 2 is 0.898 bits per heavy atom. The Balaban J connectivity index is 1.43. The van der Waals surface area contributed by atoms with E-state index in [1.54, 1.807) is 48.6 Å². The Hall–Kier alpha value is -4.79. The van der Waals surface area contributed by atoms with Gasteiger partial charge in [-0.2, -0.15) is 0 Å². The van der Waals surface area contributed by atoms with Crippen LogP contribution in [0.5, 0.6) is 0 Å². The van der Waals surface area contributed by atoms with Crippen LogP contribution in [0, 0.1) is 23.3 Å². The number of halogens is 4. The molecule has 2 aliphatic carbocycles. The van der Waals surface area contributed by atoms with E-state index in [1.165, 1.54) is 0 Å². The van der Waals surface area contributed by atoms with E-state index in [9.17, 15) is 9.59 Å². The number of carbonyl (C=O) groups is 2. The molecule has 4 aromatic carbocycles. The monoisotopic (exact) mass is 698 g/mol. The summed E-state index contributed by atoms with van der Waals surface area (Å²) >= 11 is -5.11. The summed E-state index contributed by atoms with van der Waals surface area (Å²) in [5.41, 5.74) is 1.30. The molecule has 248 valence electrons. The Kier molecular flexibility index (Phi) is 10.6. The van der Waals surface area contributed by atoms with E-state index in [0.29, 0.717) is 12.8 Å². The van der Waals surface area contributed by atoms with Crippen molar-refractivity contribution in [1.29, 1.82) is 0 Å². The molecule has 4 nitrogen and oxygen atoms in total. The van der Waals surface area contributed by atoms with Gasteiger partial charge >= 0.3 is 287 Å². The van der Waals surface area contributed by atoms with Crippen molar-refractivity contribution in [3.05, 3.63) is 168 Å². The summed E-state index contributed by atoms with van der Waals surface area (Å²) in [4.78, 5) is 26.0. The zero-order chi connectivity index (χ0) is 34.4. The van der Waals surface area contributed by atoms with Crippen LogP contribution in [0.3, 0.4) is 0 Å². The molecule has 4 aromatic rings. The van der Waals surface area contributed by atoms with Gasteiger partial charge in [0.05, 0.1) is 0 Å². The zero-order valence-electron chi connectivity index (χ0n) is 26.5. The van der Waals surface area contributed by atoms with E-state index in [-0.39, 0.29) is 24.2 Å². The van der Waals surface area contributed by atoms with Crippen molar-refractivity contribution in [3.8, 4) is 0 Å². The van der Waals surface area contributed by atoms with E-state index in [0.717, 1.165) is 35.4 Å². The van der Waals surface area contributed by atoms with Gasteiger partial charge in [-0.05, 0) is 0 Å². The predicted molar refractivity (Wildman–Crippen MR) is 183 cm³/mol. The molecule has 0 unspecified atom stereocenters. The summed E-state index contributed by atoms with van der Waals surface area (Å²) < 4.78 is 64.3. The van der Waals surface area contributed by atoms with Crippen molar-refractivity contribution >= 4 is 30.9 Å². The van der Waals surface area contributed by atoms with Gasteiger partial charge in [0.15, 0.2) is 0 Å². The number of hydrogen-bond donors (Lipinski definition) is 2. The molecular formula is C40H34F4N2O2Ti. The minimum atomic E-state index is -5.11. The topological polar surface area (TPSA) is 58.2 Å². The van der Waals surface area contributed by atoms with Gasteiger partial charge in [-0.25, -0.2) is 0 Å². The number of anilines is 2. The Labute approximate surface area is 286 Å². The van der Waals surface area contributed by atoms with Crippen molar-refractivity contribution in [2.24, 2.45) is 0 Å². The average Bonchev–Trinajstić information content (AvgIpc) is 3.86. The molecule has 0 heterocycles. The molecule has 0 aliphatic heterocycles. The quantitative estimate of drug-likeness (QED) is 0.116. The van der Waals surface area contributed by atoms with Crippen molar-refractivity contribution in [3.63, 3.8) is 0 Å². The number of hydrogen-bond acceptors (Lipinski definition) is 2.